The van der Waals surface area contributed by atoms with Crippen molar-refractivity contribution in [2.45, 2.75) is 5.41 Å². The fraction of sp³-hybridized carbons (Fsp3) is 0.0154. The van der Waals surface area contributed by atoms with Crippen LogP contribution in [0.3, 0.4) is 0 Å². The van der Waals surface area contributed by atoms with E-state index in [0.29, 0.717) is 0 Å². The minimum atomic E-state index is -0.424. The van der Waals surface area contributed by atoms with Crippen molar-refractivity contribution < 1.29 is 0 Å². The third-order valence-electron chi connectivity index (χ3n) is 14.0. The first-order chi connectivity index (χ1) is 33.2. The Kier molecular flexibility index (Phi) is 9.11. The van der Waals surface area contributed by atoms with Crippen LogP contribution in [0.2, 0.25) is 0 Å². The molecule has 67 heavy (non-hydrogen) atoms. The molecule has 0 aliphatic heterocycles. The minimum absolute atomic E-state index is 0.424. The number of rotatable bonds is 7. The molecule has 11 aromatic rings. The zero-order chi connectivity index (χ0) is 44.3. The Bertz CT molecular complexity index is 3510. The molecule has 0 unspecified atom stereocenters. The fourth-order valence-electron chi connectivity index (χ4n) is 11.1. The SMILES string of the molecule is c1cncc(-c2cccc(-c3cccc(-c4cc(-c5cccc(-c6cccc(-c7cccnc7)c6)c5)cc(-c5cccc6c5-c5ccccc5C65c6ccccc6-c6ccccc65)c4)c3)c2)c1. The molecule has 2 aliphatic carbocycles. The first kappa shape index (κ1) is 38.7. The summed E-state index contributed by atoms with van der Waals surface area (Å²) in [4.78, 5) is 8.79. The summed E-state index contributed by atoms with van der Waals surface area (Å²) in [6.45, 7) is 0. The lowest BCUT2D eigenvalue weighted by Gasteiger charge is -2.30. The van der Waals surface area contributed by atoms with E-state index in [-0.39, 0.29) is 0 Å². The zero-order valence-corrected chi connectivity index (χ0v) is 36.6. The highest BCUT2D eigenvalue weighted by Gasteiger charge is 2.52. The quantitative estimate of drug-likeness (QED) is 0.160. The molecular weight excluding hydrogens is 809 g/mol. The van der Waals surface area contributed by atoms with E-state index in [2.05, 4.69) is 228 Å². The average Bonchev–Trinajstić information content (AvgIpc) is 3.89. The first-order valence-electron chi connectivity index (χ1n) is 23.0. The summed E-state index contributed by atoms with van der Waals surface area (Å²) in [6.07, 6.45) is 7.51. The second-order valence-electron chi connectivity index (χ2n) is 17.7. The van der Waals surface area contributed by atoms with Gasteiger partial charge in [-0.05, 0) is 166 Å². The Labute approximate surface area is 391 Å². The number of aromatic nitrogens is 2. The topological polar surface area (TPSA) is 25.8 Å². The van der Waals surface area contributed by atoms with E-state index < -0.39 is 5.41 Å². The molecule has 2 aromatic heterocycles. The number of pyridine rings is 2. The Hall–Kier alpha value is -8.72. The lowest BCUT2D eigenvalue weighted by Crippen LogP contribution is -2.25. The molecular formula is C65H42N2. The standard InChI is InChI=1S/C65H42N2/c1-4-28-60-57(24-1)58-25-2-5-29-61(58)65(60)62-30-6-3-26-59(62)64-56(27-11-31-63(64)65)55-39-53(49-20-9-16-45(36-49)43-14-7-18-47(34-43)51-22-12-32-66-41-51)38-54(40-55)50-21-10-17-46(37-50)44-15-8-19-48(35-44)52-23-13-33-67-42-52/h1-42H. The summed E-state index contributed by atoms with van der Waals surface area (Å²) in [7, 11) is 0. The van der Waals surface area contributed by atoms with Gasteiger partial charge in [-0.1, -0.05) is 176 Å². The molecule has 13 rings (SSSR count). The van der Waals surface area contributed by atoms with E-state index >= 15 is 0 Å². The van der Waals surface area contributed by atoms with Crippen molar-refractivity contribution in [3.8, 4) is 100 Å². The monoisotopic (exact) mass is 850 g/mol. The van der Waals surface area contributed by atoms with E-state index in [4.69, 9.17) is 0 Å². The molecule has 0 N–H and O–H groups in total. The van der Waals surface area contributed by atoms with Gasteiger partial charge in [-0.2, -0.15) is 0 Å². The van der Waals surface area contributed by atoms with Crippen LogP contribution >= 0.6 is 0 Å². The zero-order valence-electron chi connectivity index (χ0n) is 36.6. The molecule has 2 aliphatic rings. The van der Waals surface area contributed by atoms with Gasteiger partial charge in [-0.15, -0.1) is 0 Å². The molecule has 0 saturated heterocycles. The molecule has 0 fully saturated rings. The van der Waals surface area contributed by atoms with Crippen LogP contribution in [0.15, 0.2) is 255 Å². The van der Waals surface area contributed by atoms with E-state index in [1.807, 2.05) is 36.9 Å². The van der Waals surface area contributed by atoms with Crippen LogP contribution in [-0.2, 0) is 5.41 Å². The van der Waals surface area contributed by atoms with Gasteiger partial charge in [-0.25, -0.2) is 0 Å². The van der Waals surface area contributed by atoms with Gasteiger partial charge in [0, 0.05) is 35.9 Å². The van der Waals surface area contributed by atoms with Gasteiger partial charge in [0.15, 0.2) is 0 Å². The van der Waals surface area contributed by atoms with Crippen molar-refractivity contribution in [2.75, 3.05) is 0 Å². The Morgan fingerprint density at radius 1 is 0.224 bits per heavy atom. The second-order valence-corrected chi connectivity index (χ2v) is 17.7. The smallest absolute Gasteiger partial charge is 0.0725 e. The third-order valence-corrected chi connectivity index (χ3v) is 14.0. The fourth-order valence-corrected chi connectivity index (χ4v) is 11.1. The number of hydrogen-bond donors (Lipinski definition) is 0. The van der Waals surface area contributed by atoms with Crippen LogP contribution in [0.5, 0.6) is 0 Å². The molecule has 1 spiro atoms. The van der Waals surface area contributed by atoms with Gasteiger partial charge in [0.1, 0.15) is 0 Å². The van der Waals surface area contributed by atoms with Crippen LogP contribution < -0.4 is 0 Å². The number of hydrogen-bond acceptors (Lipinski definition) is 2. The van der Waals surface area contributed by atoms with Gasteiger partial charge < -0.3 is 0 Å². The Morgan fingerprint density at radius 3 is 0.985 bits per heavy atom. The number of benzene rings is 9. The highest BCUT2D eigenvalue weighted by molar-refractivity contribution is 6.01. The van der Waals surface area contributed by atoms with Crippen molar-refractivity contribution in [1.82, 2.24) is 9.97 Å². The average molecular weight is 851 g/mol. The molecule has 0 atom stereocenters. The molecule has 0 amide bonds. The minimum Gasteiger partial charge on any atom is -0.264 e. The van der Waals surface area contributed by atoms with Crippen LogP contribution in [0, 0.1) is 0 Å². The lowest BCUT2D eigenvalue weighted by molar-refractivity contribution is 0.794. The first-order valence-corrected chi connectivity index (χ1v) is 23.0. The van der Waals surface area contributed by atoms with Crippen molar-refractivity contribution in [3.05, 3.63) is 278 Å². The summed E-state index contributed by atoms with van der Waals surface area (Å²) >= 11 is 0. The molecule has 0 saturated carbocycles. The highest BCUT2D eigenvalue weighted by Crippen LogP contribution is 2.64. The summed E-state index contributed by atoms with van der Waals surface area (Å²) in [6, 6.07) is 85.2. The third kappa shape index (κ3) is 6.33. The van der Waals surface area contributed by atoms with Crippen molar-refractivity contribution in [3.63, 3.8) is 0 Å². The van der Waals surface area contributed by atoms with Crippen LogP contribution in [0.25, 0.3) is 100 Å². The van der Waals surface area contributed by atoms with Gasteiger partial charge in [0.2, 0.25) is 0 Å². The molecule has 2 nitrogen and oxygen atoms in total. The summed E-state index contributed by atoms with van der Waals surface area (Å²) in [5, 5.41) is 0. The Balaban J connectivity index is 1.01. The van der Waals surface area contributed by atoms with E-state index in [9.17, 15) is 0 Å². The van der Waals surface area contributed by atoms with Crippen LogP contribution in [-0.4, -0.2) is 9.97 Å². The van der Waals surface area contributed by atoms with Crippen molar-refractivity contribution in [1.29, 1.82) is 0 Å². The maximum absolute atomic E-state index is 4.40. The highest BCUT2D eigenvalue weighted by atomic mass is 14.6. The molecule has 2 heteroatoms. The molecule has 0 radical (unpaired) electrons. The normalized spacial score (nSPS) is 12.6. The summed E-state index contributed by atoms with van der Waals surface area (Å²) < 4.78 is 0. The molecule has 312 valence electrons. The van der Waals surface area contributed by atoms with Crippen molar-refractivity contribution in [2.24, 2.45) is 0 Å². The van der Waals surface area contributed by atoms with E-state index in [1.54, 1.807) is 0 Å². The van der Waals surface area contributed by atoms with Gasteiger partial charge in [-0.3, -0.25) is 9.97 Å². The van der Waals surface area contributed by atoms with Gasteiger partial charge >= 0.3 is 0 Å². The van der Waals surface area contributed by atoms with Crippen LogP contribution in [0.1, 0.15) is 22.3 Å². The largest absolute Gasteiger partial charge is 0.264 e. The number of nitrogens with zero attached hydrogens (tertiary/aromatic N) is 2. The summed E-state index contributed by atoms with van der Waals surface area (Å²) in [5.41, 5.74) is 26.4. The molecule has 9 aromatic carbocycles. The maximum Gasteiger partial charge on any atom is 0.0725 e. The van der Waals surface area contributed by atoms with Crippen LogP contribution in [0.4, 0.5) is 0 Å². The second kappa shape index (κ2) is 15.8. The van der Waals surface area contributed by atoms with Gasteiger partial charge in [0.25, 0.3) is 0 Å². The van der Waals surface area contributed by atoms with E-state index in [0.717, 1.165) is 44.5 Å². The Morgan fingerprint density at radius 2 is 0.537 bits per heavy atom. The van der Waals surface area contributed by atoms with E-state index in [1.165, 1.54) is 77.9 Å². The van der Waals surface area contributed by atoms with Crippen molar-refractivity contribution >= 4 is 0 Å². The van der Waals surface area contributed by atoms with Gasteiger partial charge in [0.05, 0.1) is 5.41 Å². The maximum atomic E-state index is 4.40. The molecule has 0 bridgehead atoms. The lowest BCUT2D eigenvalue weighted by atomic mass is 9.70. The number of fused-ring (bicyclic) bond motifs is 10. The predicted octanol–water partition coefficient (Wildman–Crippen LogP) is 16.5. The predicted molar refractivity (Wildman–Crippen MR) is 276 cm³/mol. The molecule has 2 heterocycles. The summed E-state index contributed by atoms with van der Waals surface area (Å²) in [5.74, 6) is 0.